The van der Waals surface area contributed by atoms with E-state index in [1.807, 2.05) is 0 Å². The van der Waals surface area contributed by atoms with Gasteiger partial charge in [0, 0.05) is 19.6 Å². The average Bonchev–Trinajstić information content (AvgIpc) is 2.34. The van der Waals surface area contributed by atoms with Gasteiger partial charge in [-0.3, -0.25) is 4.79 Å². The number of carboxylic acids is 1. The Labute approximate surface area is 118 Å². The highest BCUT2D eigenvalue weighted by atomic mass is 16.4. The second kappa shape index (κ2) is 11.2. The molecule has 0 aliphatic rings. The molecule has 1 N–H and O–H groups in total. The van der Waals surface area contributed by atoms with Crippen molar-refractivity contribution in [2.75, 3.05) is 40.3 Å². The molecule has 0 aliphatic heterocycles. The Morgan fingerprint density at radius 2 is 1.68 bits per heavy atom. The van der Waals surface area contributed by atoms with Crippen molar-refractivity contribution in [3.8, 4) is 0 Å². The number of rotatable bonds is 12. The lowest BCUT2D eigenvalue weighted by Gasteiger charge is -2.25. The van der Waals surface area contributed by atoms with Crippen molar-refractivity contribution in [1.82, 2.24) is 9.80 Å². The van der Waals surface area contributed by atoms with E-state index in [0.29, 0.717) is 6.54 Å². The van der Waals surface area contributed by atoms with Gasteiger partial charge in [0.15, 0.2) is 0 Å². The highest BCUT2D eigenvalue weighted by Crippen LogP contribution is 2.06. The highest BCUT2D eigenvalue weighted by molar-refractivity contribution is 5.69. The summed E-state index contributed by atoms with van der Waals surface area (Å²) in [6.07, 6.45) is 6.31. The minimum atomic E-state index is -0.694. The van der Waals surface area contributed by atoms with Gasteiger partial charge in [-0.2, -0.15) is 0 Å². The maximum absolute atomic E-state index is 11.0. The van der Waals surface area contributed by atoms with Gasteiger partial charge < -0.3 is 14.9 Å². The summed E-state index contributed by atoms with van der Waals surface area (Å²) < 4.78 is 0. The third kappa shape index (κ3) is 11.0. The average molecular weight is 272 g/mol. The van der Waals surface area contributed by atoms with Gasteiger partial charge in [0.05, 0.1) is 5.92 Å². The van der Waals surface area contributed by atoms with Crippen LogP contribution in [0.25, 0.3) is 0 Å². The third-order valence-electron chi connectivity index (χ3n) is 3.39. The van der Waals surface area contributed by atoms with Crippen LogP contribution < -0.4 is 0 Å². The normalized spacial score (nSPS) is 13.2. The topological polar surface area (TPSA) is 43.8 Å². The van der Waals surface area contributed by atoms with E-state index >= 15 is 0 Å². The predicted molar refractivity (Wildman–Crippen MR) is 80.6 cm³/mol. The molecule has 0 heterocycles. The molecule has 0 fully saturated rings. The number of carboxylic acid groups (broad SMARTS) is 1. The van der Waals surface area contributed by atoms with Crippen LogP contribution in [-0.2, 0) is 4.79 Å². The van der Waals surface area contributed by atoms with Crippen molar-refractivity contribution in [3.05, 3.63) is 0 Å². The van der Waals surface area contributed by atoms with Crippen LogP contribution in [-0.4, -0.2) is 61.2 Å². The maximum Gasteiger partial charge on any atom is 0.307 e. The predicted octanol–water partition coefficient (Wildman–Crippen LogP) is 2.54. The van der Waals surface area contributed by atoms with E-state index in [1.165, 1.54) is 32.1 Å². The van der Waals surface area contributed by atoms with Gasteiger partial charge in [-0.1, -0.05) is 39.5 Å². The Morgan fingerprint density at radius 1 is 1.05 bits per heavy atom. The first-order valence-corrected chi connectivity index (χ1v) is 7.57. The molecule has 4 heteroatoms. The van der Waals surface area contributed by atoms with Crippen molar-refractivity contribution >= 4 is 5.97 Å². The van der Waals surface area contributed by atoms with Crippen LogP contribution in [0.15, 0.2) is 0 Å². The molecule has 0 saturated heterocycles. The maximum atomic E-state index is 11.0. The number of aliphatic carboxylic acids is 1. The van der Waals surface area contributed by atoms with E-state index < -0.39 is 5.97 Å². The molecule has 0 aromatic rings. The smallest absolute Gasteiger partial charge is 0.307 e. The van der Waals surface area contributed by atoms with E-state index in [2.05, 4.69) is 30.8 Å². The zero-order valence-electron chi connectivity index (χ0n) is 13.2. The molecule has 4 nitrogen and oxygen atoms in total. The van der Waals surface area contributed by atoms with Gasteiger partial charge in [0.25, 0.3) is 0 Å². The summed E-state index contributed by atoms with van der Waals surface area (Å²) in [7, 11) is 4.11. The largest absolute Gasteiger partial charge is 0.481 e. The van der Waals surface area contributed by atoms with Crippen LogP contribution in [0.5, 0.6) is 0 Å². The fraction of sp³-hybridized carbons (Fsp3) is 0.933. The summed E-state index contributed by atoms with van der Waals surface area (Å²) in [5, 5.41) is 9.01. The third-order valence-corrected chi connectivity index (χ3v) is 3.39. The Kier molecular flexibility index (Phi) is 10.9. The molecule has 19 heavy (non-hydrogen) atoms. The van der Waals surface area contributed by atoms with Gasteiger partial charge in [0.2, 0.25) is 0 Å². The first kappa shape index (κ1) is 18.4. The summed E-state index contributed by atoms with van der Waals surface area (Å²) in [5.74, 6) is -0.973. The minimum Gasteiger partial charge on any atom is -0.481 e. The zero-order valence-corrected chi connectivity index (χ0v) is 13.2. The fourth-order valence-corrected chi connectivity index (χ4v) is 2.04. The lowest BCUT2D eigenvalue weighted by Crippen LogP contribution is -2.37. The van der Waals surface area contributed by atoms with Crippen molar-refractivity contribution in [1.29, 1.82) is 0 Å². The molecule has 1 atom stereocenters. The number of hydrogen-bond acceptors (Lipinski definition) is 3. The molecule has 0 radical (unpaired) electrons. The lowest BCUT2D eigenvalue weighted by atomic mass is 10.1. The lowest BCUT2D eigenvalue weighted by molar-refractivity contribution is -0.141. The highest BCUT2D eigenvalue weighted by Gasteiger charge is 2.15. The van der Waals surface area contributed by atoms with Gasteiger partial charge in [-0.25, -0.2) is 0 Å². The molecule has 0 rings (SSSR count). The molecule has 114 valence electrons. The first-order valence-electron chi connectivity index (χ1n) is 7.57. The molecular formula is C15H32N2O2. The number of hydrogen-bond donors (Lipinski definition) is 1. The van der Waals surface area contributed by atoms with Crippen LogP contribution in [0.3, 0.4) is 0 Å². The number of nitrogens with zero attached hydrogens (tertiary/aromatic N) is 2. The number of likely N-dealkylation sites (N-methyl/N-ethyl adjacent to an activating group) is 1. The van der Waals surface area contributed by atoms with E-state index in [-0.39, 0.29) is 5.92 Å². The summed E-state index contributed by atoms with van der Waals surface area (Å²) >= 11 is 0. The van der Waals surface area contributed by atoms with Crippen molar-refractivity contribution in [2.45, 2.75) is 46.0 Å². The van der Waals surface area contributed by atoms with E-state index in [1.54, 1.807) is 6.92 Å². The zero-order chi connectivity index (χ0) is 14.7. The minimum absolute atomic E-state index is 0.280. The van der Waals surface area contributed by atoms with Crippen molar-refractivity contribution < 1.29 is 9.90 Å². The second-order valence-electron chi connectivity index (χ2n) is 5.76. The summed E-state index contributed by atoms with van der Waals surface area (Å²) in [4.78, 5) is 15.4. The Morgan fingerprint density at radius 3 is 2.21 bits per heavy atom. The summed E-state index contributed by atoms with van der Waals surface area (Å²) in [5.41, 5.74) is 0. The standard InChI is InChI=1S/C15H32N2O2/c1-5-6-7-8-9-10-17(12-11-16(3)4)13-14(2)15(18)19/h14H,5-13H2,1-4H3,(H,18,19). The Balaban J connectivity index is 3.99. The molecular weight excluding hydrogens is 240 g/mol. The van der Waals surface area contributed by atoms with E-state index in [9.17, 15) is 4.79 Å². The quantitative estimate of drug-likeness (QED) is 0.555. The van der Waals surface area contributed by atoms with Gasteiger partial charge in [-0.05, 0) is 27.1 Å². The van der Waals surface area contributed by atoms with Gasteiger partial charge in [0.1, 0.15) is 0 Å². The molecule has 0 amide bonds. The Bertz CT molecular complexity index is 232. The summed E-state index contributed by atoms with van der Waals surface area (Å²) in [6.45, 7) is 7.64. The fourth-order valence-electron chi connectivity index (χ4n) is 2.04. The first-order chi connectivity index (χ1) is 8.97. The van der Waals surface area contributed by atoms with Crippen molar-refractivity contribution in [2.24, 2.45) is 5.92 Å². The van der Waals surface area contributed by atoms with Gasteiger partial charge in [-0.15, -0.1) is 0 Å². The molecule has 0 spiro atoms. The van der Waals surface area contributed by atoms with Crippen LogP contribution in [0, 0.1) is 5.92 Å². The summed E-state index contributed by atoms with van der Waals surface area (Å²) in [6, 6.07) is 0. The van der Waals surface area contributed by atoms with Crippen LogP contribution in [0.2, 0.25) is 0 Å². The monoisotopic (exact) mass is 272 g/mol. The molecule has 0 saturated carbocycles. The van der Waals surface area contributed by atoms with E-state index in [0.717, 1.165) is 19.6 Å². The van der Waals surface area contributed by atoms with Gasteiger partial charge >= 0.3 is 5.97 Å². The number of carbonyl (C=O) groups is 1. The second-order valence-corrected chi connectivity index (χ2v) is 5.76. The van der Waals surface area contributed by atoms with Crippen molar-refractivity contribution in [3.63, 3.8) is 0 Å². The molecule has 0 aromatic carbocycles. The van der Waals surface area contributed by atoms with Crippen LogP contribution in [0.4, 0.5) is 0 Å². The van der Waals surface area contributed by atoms with Crippen LogP contribution >= 0.6 is 0 Å². The molecule has 0 aliphatic carbocycles. The number of unbranched alkanes of at least 4 members (excludes halogenated alkanes) is 4. The molecule has 0 aromatic heterocycles. The van der Waals surface area contributed by atoms with E-state index in [4.69, 9.17) is 5.11 Å². The molecule has 1 unspecified atom stereocenters. The van der Waals surface area contributed by atoms with Crippen LogP contribution in [0.1, 0.15) is 46.0 Å². The molecule has 0 bridgehead atoms. The SMILES string of the molecule is CCCCCCCN(CCN(C)C)CC(C)C(=O)O. The Hall–Kier alpha value is -0.610.